The minimum atomic E-state index is -4.06. The number of benzene rings is 1. The van der Waals surface area contributed by atoms with Crippen molar-refractivity contribution in [2.75, 3.05) is 0 Å². The SMILES string of the molecule is CC(C)Sc1ccc(S(=O)(=O)O)cc1. The van der Waals surface area contributed by atoms with Crippen LogP contribution in [-0.2, 0) is 10.1 Å². The molecule has 0 bridgehead atoms. The fourth-order valence-electron chi connectivity index (χ4n) is 0.962. The third-order valence-electron chi connectivity index (χ3n) is 1.49. The Kier molecular flexibility index (Phi) is 3.58. The molecule has 0 saturated carbocycles. The monoisotopic (exact) mass is 232 g/mol. The van der Waals surface area contributed by atoms with Crippen molar-refractivity contribution in [1.82, 2.24) is 0 Å². The molecule has 0 aliphatic rings. The second kappa shape index (κ2) is 4.33. The summed E-state index contributed by atoms with van der Waals surface area (Å²) in [6.45, 7) is 4.11. The molecule has 1 N–H and O–H groups in total. The predicted octanol–water partition coefficient (Wildman–Crippen LogP) is 2.43. The van der Waals surface area contributed by atoms with Crippen LogP contribution in [0.1, 0.15) is 13.8 Å². The minimum absolute atomic E-state index is 0.0643. The summed E-state index contributed by atoms with van der Waals surface area (Å²) < 4.78 is 30.2. The van der Waals surface area contributed by atoms with Crippen LogP contribution in [0.5, 0.6) is 0 Å². The maximum Gasteiger partial charge on any atom is 0.294 e. The Labute approximate surface area is 88.3 Å². The molecule has 1 aromatic carbocycles. The smallest absolute Gasteiger partial charge is 0.282 e. The van der Waals surface area contributed by atoms with Crippen molar-refractivity contribution in [3.8, 4) is 0 Å². The van der Waals surface area contributed by atoms with Gasteiger partial charge in [-0.2, -0.15) is 8.42 Å². The fourth-order valence-corrected chi connectivity index (χ4v) is 2.28. The lowest BCUT2D eigenvalue weighted by Crippen LogP contribution is -1.97. The van der Waals surface area contributed by atoms with Crippen LogP contribution in [0.4, 0.5) is 0 Å². The summed E-state index contributed by atoms with van der Waals surface area (Å²) in [6, 6.07) is 6.18. The molecule has 0 fully saturated rings. The van der Waals surface area contributed by atoms with Gasteiger partial charge in [-0.15, -0.1) is 11.8 Å². The van der Waals surface area contributed by atoms with Gasteiger partial charge < -0.3 is 0 Å². The van der Waals surface area contributed by atoms with Crippen molar-refractivity contribution in [3.63, 3.8) is 0 Å². The number of hydrogen-bond acceptors (Lipinski definition) is 3. The lowest BCUT2D eigenvalue weighted by molar-refractivity contribution is 0.483. The maximum absolute atomic E-state index is 10.7. The van der Waals surface area contributed by atoms with Crippen molar-refractivity contribution >= 4 is 21.9 Å². The highest BCUT2D eigenvalue weighted by atomic mass is 32.2. The molecule has 0 aliphatic carbocycles. The molecule has 3 nitrogen and oxygen atoms in total. The number of hydrogen-bond donors (Lipinski definition) is 1. The topological polar surface area (TPSA) is 54.4 Å². The van der Waals surface area contributed by atoms with Crippen LogP contribution in [0, 0.1) is 0 Å². The molecule has 0 radical (unpaired) electrons. The fraction of sp³-hybridized carbons (Fsp3) is 0.333. The first-order valence-electron chi connectivity index (χ1n) is 4.14. The van der Waals surface area contributed by atoms with Crippen molar-refractivity contribution in [3.05, 3.63) is 24.3 Å². The Morgan fingerprint density at radius 1 is 1.21 bits per heavy atom. The molecule has 78 valence electrons. The van der Waals surface area contributed by atoms with E-state index in [0.717, 1.165) is 4.90 Å². The number of thioether (sulfide) groups is 1. The van der Waals surface area contributed by atoms with E-state index in [1.807, 2.05) is 0 Å². The van der Waals surface area contributed by atoms with E-state index in [2.05, 4.69) is 13.8 Å². The van der Waals surface area contributed by atoms with E-state index in [1.165, 1.54) is 12.1 Å². The quantitative estimate of drug-likeness (QED) is 0.642. The van der Waals surface area contributed by atoms with Crippen molar-refractivity contribution in [2.45, 2.75) is 28.9 Å². The molecule has 0 aromatic heterocycles. The number of rotatable bonds is 3. The van der Waals surface area contributed by atoms with Gasteiger partial charge in [-0.1, -0.05) is 13.8 Å². The summed E-state index contributed by atoms with van der Waals surface area (Å²) >= 11 is 1.64. The second-order valence-corrected chi connectivity index (χ2v) is 6.18. The molecule has 0 heterocycles. The molecule has 1 aromatic rings. The molecule has 0 unspecified atom stereocenters. The predicted molar refractivity (Wildman–Crippen MR) is 57.2 cm³/mol. The zero-order valence-electron chi connectivity index (χ0n) is 7.97. The van der Waals surface area contributed by atoms with Gasteiger partial charge in [-0.25, -0.2) is 0 Å². The van der Waals surface area contributed by atoms with Crippen molar-refractivity contribution in [1.29, 1.82) is 0 Å². The standard InChI is InChI=1S/C9H12O3S2/c1-7(2)13-8-3-5-9(6-4-8)14(10,11)12/h3-7H,1-2H3,(H,10,11,12). The molecule has 14 heavy (non-hydrogen) atoms. The molecular formula is C9H12O3S2. The van der Waals surface area contributed by atoms with Gasteiger partial charge in [0.05, 0.1) is 4.90 Å². The molecular weight excluding hydrogens is 220 g/mol. The molecule has 0 amide bonds. The van der Waals surface area contributed by atoms with Gasteiger partial charge in [-0.05, 0) is 24.3 Å². The summed E-state index contributed by atoms with van der Waals surface area (Å²) in [5, 5.41) is 0.451. The summed E-state index contributed by atoms with van der Waals surface area (Å²) in [7, 11) is -4.06. The summed E-state index contributed by atoms with van der Waals surface area (Å²) in [4.78, 5) is 0.929. The van der Waals surface area contributed by atoms with Gasteiger partial charge in [0, 0.05) is 10.1 Å². The Hall–Kier alpha value is -0.520. The van der Waals surface area contributed by atoms with Crippen molar-refractivity contribution < 1.29 is 13.0 Å². The van der Waals surface area contributed by atoms with Crippen LogP contribution < -0.4 is 0 Å². The first kappa shape index (κ1) is 11.6. The van der Waals surface area contributed by atoms with E-state index in [1.54, 1.807) is 23.9 Å². The second-order valence-electron chi connectivity index (χ2n) is 3.11. The van der Waals surface area contributed by atoms with Crippen LogP contribution >= 0.6 is 11.8 Å². The molecule has 0 saturated heterocycles. The Morgan fingerprint density at radius 3 is 2.07 bits per heavy atom. The first-order valence-corrected chi connectivity index (χ1v) is 6.46. The lowest BCUT2D eigenvalue weighted by atomic mass is 10.4. The largest absolute Gasteiger partial charge is 0.294 e. The third-order valence-corrected chi connectivity index (χ3v) is 3.38. The normalized spacial score (nSPS) is 12.0. The van der Waals surface area contributed by atoms with E-state index < -0.39 is 10.1 Å². The molecule has 5 heteroatoms. The van der Waals surface area contributed by atoms with E-state index in [4.69, 9.17) is 4.55 Å². The van der Waals surface area contributed by atoms with E-state index in [9.17, 15) is 8.42 Å². The Morgan fingerprint density at radius 2 is 1.71 bits per heavy atom. The third kappa shape index (κ3) is 3.32. The average Bonchev–Trinajstić information content (AvgIpc) is 2.02. The Bertz CT molecular complexity index is 393. The lowest BCUT2D eigenvalue weighted by Gasteiger charge is -2.04. The van der Waals surface area contributed by atoms with Crippen LogP contribution in [0.15, 0.2) is 34.1 Å². The van der Waals surface area contributed by atoms with Crippen LogP contribution in [0.25, 0.3) is 0 Å². The van der Waals surface area contributed by atoms with Crippen LogP contribution in [0.3, 0.4) is 0 Å². The van der Waals surface area contributed by atoms with Crippen LogP contribution in [0.2, 0.25) is 0 Å². The summed E-state index contributed by atoms with van der Waals surface area (Å²) in [5.74, 6) is 0. The van der Waals surface area contributed by atoms with Gasteiger partial charge in [0.1, 0.15) is 0 Å². The van der Waals surface area contributed by atoms with Gasteiger partial charge >= 0.3 is 0 Å². The highest BCUT2D eigenvalue weighted by Crippen LogP contribution is 2.23. The molecule has 0 atom stereocenters. The van der Waals surface area contributed by atoms with Gasteiger partial charge in [0.25, 0.3) is 10.1 Å². The van der Waals surface area contributed by atoms with Crippen LogP contribution in [-0.4, -0.2) is 18.2 Å². The van der Waals surface area contributed by atoms with E-state index >= 15 is 0 Å². The van der Waals surface area contributed by atoms with Gasteiger partial charge in [0.2, 0.25) is 0 Å². The van der Waals surface area contributed by atoms with Gasteiger partial charge in [-0.3, -0.25) is 4.55 Å². The van der Waals surface area contributed by atoms with Crippen molar-refractivity contribution in [2.24, 2.45) is 0 Å². The highest BCUT2D eigenvalue weighted by molar-refractivity contribution is 7.99. The van der Waals surface area contributed by atoms with Gasteiger partial charge in [0.15, 0.2) is 0 Å². The highest BCUT2D eigenvalue weighted by Gasteiger charge is 2.08. The average molecular weight is 232 g/mol. The Balaban J connectivity index is 2.90. The molecule has 0 spiro atoms. The van der Waals surface area contributed by atoms with E-state index in [-0.39, 0.29) is 4.90 Å². The minimum Gasteiger partial charge on any atom is -0.282 e. The molecule has 0 aliphatic heterocycles. The summed E-state index contributed by atoms with van der Waals surface area (Å²) in [6.07, 6.45) is 0. The molecule has 1 rings (SSSR count). The maximum atomic E-state index is 10.7. The zero-order valence-corrected chi connectivity index (χ0v) is 9.60. The summed E-state index contributed by atoms with van der Waals surface area (Å²) in [5.41, 5.74) is 0. The zero-order chi connectivity index (χ0) is 10.8. The first-order chi connectivity index (χ1) is 6.39. The van der Waals surface area contributed by atoms with E-state index in [0.29, 0.717) is 5.25 Å².